The van der Waals surface area contributed by atoms with E-state index in [4.69, 9.17) is 0 Å². The minimum absolute atomic E-state index is 0. The first-order valence-electron chi connectivity index (χ1n) is 2.86. The molecule has 0 spiro atoms. The monoisotopic (exact) mass is 194 g/mol. The first-order chi connectivity index (χ1) is 4.70. The minimum Gasteiger partial charge on any atom is -0.420 e. The topological polar surface area (TPSA) is 34.1 Å². The fourth-order valence-electron chi connectivity index (χ4n) is 0.719. The Hall–Kier alpha value is 0.806. The molecule has 54 valence electrons. The van der Waals surface area contributed by atoms with Crippen LogP contribution in [0.2, 0.25) is 0 Å². The fraction of sp³-hybridized carbons (Fsp3) is 0.143. The van der Waals surface area contributed by atoms with Gasteiger partial charge >= 0.3 is 51.4 Å². The maximum Gasteiger partial charge on any atom is 1.00 e. The van der Waals surface area contributed by atoms with Crippen LogP contribution in [0.1, 0.15) is 5.56 Å². The molecule has 0 heterocycles. The second-order valence-electron chi connectivity index (χ2n) is 2.05. The van der Waals surface area contributed by atoms with E-state index in [1.54, 1.807) is 18.2 Å². The summed E-state index contributed by atoms with van der Waals surface area (Å²) < 4.78 is 20.7. The van der Waals surface area contributed by atoms with E-state index in [2.05, 4.69) is 0 Å². The van der Waals surface area contributed by atoms with Crippen molar-refractivity contribution in [3.8, 4) is 0 Å². The molecule has 2 nitrogen and oxygen atoms in total. The van der Waals surface area contributed by atoms with Crippen molar-refractivity contribution >= 4 is 10.7 Å². The maximum absolute atomic E-state index is 10.4. The van der Waals surface area contributed by atoms with Gasteiger partial charge < -0.3 is 8.42 Å². The number of benzene rings is 1. The molecule has 4 heteroatoms. The zero-order chi connectivity index (χ0) is 7.56. The minimum atomic E-state index is -2.09. The second kappa shape index (κ2) is 5.45. The molecular formula is C7H7KO2S. The SMILES string of the molecule is Cc1cccc([S-](=O)=O)c1.[K+]. The Kier molecular flexibility index (Phi) is 5.85. The van der Waals surface area contributed by atoms with Crippen LogP contribution in [0.3, 0.4) is 0 Å². The van der Waals surface area contributed by atoms with Gasteiger partial charge in [-0.2, -0.15) is 0 Å². The van der Waals surface area contributed by atoms with Gasteiger partial charge in [0.05, 0.1) is 0 Å². The second-order valence-corrected chi connectivity index (χ2v) is 2.99. The van der Waals surface area contributed by atoms with Gasteiger partial charge in [0, 0.05) is 0 Å². The van der Waals surface area contributed by atoms with E-state index in [-0.39, 0.29) is 51.4 Å². The molecule has 0 amide bonds. The zero-order valence-corrected chi connectivity index (χ0v) is 10.5. The van der Waals surface area contributed by atoms with Crippen LogP contribution in [0.25, 0.3) is 0 Å². The average Bonchev–Trinajstić information content (AvgIpc) is 1.88. The first-order valence-corrected chi connectivity index (χ1v) is 3.93. The molecule has 1 aromatic rings. The Morgan fingerprint density at radius 2 is 1.91 bits per heavy atom. The molecule has 1 aromatic carbocycles. The van der Waals surface area contributed by atoms with Crippen molar-refractivity contribution in [3.63, 3.8) is 0 Å². The van der Waals surface area contributed by atoms with Crippen LogP contribution < -0.4 is 51.4 Å². The van der Waals surface area contributed by atoms with E-state index in [0.29, 0.717) is 4.90 Å². The Labute approximate surface area is 110 Å². The van der Waals surface area contributed by atoms with Gasteiger partial charge in [0.2, 0.25) is 0 Å². The van der Waals surface area contributed by atoms with Gasteiger partial charge in [-0.05, 0) is 17.6 Å². The van der Waals surface area contributed by atoms with Crippen LogP contribution in [0.15, 0.2) is 29.2 Å². The van der Waals surface area contributed by atoms with Gasteiger partial charge in [-0.3, -0.25) is 0 Å². The van der Waals surface area contributed by atoms with Gasteiger partial charge in [-0.15, -0.1) is 0 Å². The normalized spacial score (nSPS) is 9.27. The van der Waals surface area contributed by atoms with Gasteiger partial charge in [0.15, 0.2) is 0 Å². The van der Waals surface area contributed by atoms with Crippen molar-refractivity contribution in [2.24, 2.45) is 0 Å². The molecule has 0 aromatic heterocycles. The molecule has 0 bridgehead atoms. The Balaban J connectivity index is 0.000001000. The molecule has 0 unspecified atom stereocenters. The molecule has 0 aliphatic rings. The smallest absolute Gasteiger partial charge is 0.420 e. The van der Waals surface area contributed by atoms with Crippen LogP contribution in [0, 0.1) is 6.92 Å². The van der Waals surface area contributed by atoms with Crippen LogP contribution in [-0.2, 0) is 19.1 Å². The van der Waals surface area contributed by atoms with Crippen LogP contribution in [0.4, 0.5) is 0 Å². The summed E-state index contributed by atoms with van der Waals surface area (Å²) in [4.78, 5) is 0.347. The predicted octanol–water partition coefficient (Wildman–Crippen LogP) is -1.33. The summed E-state index contributed by atoms with van der Waals surface area (Å²) in [5.74, 6) is 0. The third kappa shape index (κ3) is 3.82. The maximum atomic E-state index is 10.4. The summed E-state index contributed by atoms with van der Waals surface area (Å²) in [7, 11) is -2.09. The number of rotatable bonds is 1. The van der Waals surface area contributed by atoms with Crippen molar-refractivity contribution in [2.45, 2.75) is 11.8 Å². The molecule has 0 aliphatic carbocycles. The Morgan fingerprint density at radius 3 is 2.27 bits per heavy atom. The van der Waals surface area contributed by atoms with E-state index in [0.717, 1.165) is 5.56 Å². The van der Waals surface area contributed by atoms with Gasteiger partial charge in [-0.1, -0.05) is 34.7 Å². The summed E-state index contributed by atoms with van der Waals surface area (Å²) in [5.41, 5.74) is 0.960. The van der Waals surface area contributed by atoms with E-state index in [9.17, 15) is 8.42 Å². The standard InChI is InChI=1S/C7H7O2S.K/c1-6-3-2-4-7(5-6)10(8)9;/h2-5H,1H3;/q-1;+1. The summed E-state index contributed by atoms with van der Waals surface area (Å²) in [5, 5.41) is 0. The first kappa shape index (κ1) is 11.8. The quantitative estimate of drug-likeness (QED) is 0.410. The van der Waals surface area contributed by atoms with E-state index < -0.39 is 10.7 Å². The van der Waals surface area contributed by atoms with Crippen molar-refractivity contribution in [2.75, 3.05) is 0 Å². The number of aryl methyl sites for hydroxylation is 1. The molecule has 0 radical (unpaired) electrons. The summed E-state index contributed by atoms with van der Waals surface area (Å²) >= 11 is 0. The molecule has 0 saturated heterocycles. The van der Waals surface area contributed by atoms with E-state index in [1.165, 1.54) is 0 Å². The van der Waals surface area contributed by atoms with Gasteiger partial charge in [0.1, 0.15) is 0 Å². The average molecular weight is 194 g/mol. The fourth-order valence-corrected chi connectivity index (χ4v) is 1.19. The van der Waals surface area contributed by atoms with E-state index >= 15 is 0 Å². The van der Waals surface area contributed by atoms with Crippen LogP contribution >= 0.6 is 0 Å². The van der Waals surface area contributed by atoms with Crippen molar-refractivity contribution in [1.29, 1.82) is 0 Å². The van der Waals surface area contributed by atoms with Gasteiger partial charge in [0.25, 0.3) is 0 Å². The van der Waals surface area contributed by atoms with Crippen molar-refractivity contribution < 1.29 is 59.8 Å². The molecule has 0 aliphatic heterocycles. The molecule has 0 N–H and O–H groups in total. The van der Waals surface area contributed by atoms with Crippen molar-refractivity contribution in [1.82, 2.24) is 0 Å². The largest absolute Gasteiger partial charge is 1.00 e. The Bertz CT molecular complexity index is 299. The summed E-state index contributed by atoms with van der Waals surface area (Å²) in [6, 6.07) is 6.77. The van der Waals surface area contributed by atoms with Crippen LogP contribution in [0.5, 0.6) is 0 Å². The van der Waals surface area contributed by atoms with Crippen molar-refractivity contribution in [3.05, 3.63) is 29.8 Å². The zero-order valence-electron chi connectivity index (χ0n) is 6.53. The number of hydrogen-bond acceptors (Lipinski definition) is 3. The predicted molar refractivity (Wildman–Crippen MR) is 38.2 cm³/mol. The molecule has 0 saturated carbocycles. The molecular weight excluding hydrogens is 187 g/mol. The summed E-state index contributed by atoms with van der Waals surface area (Å²) in [6.45, 7) is 1.86. The third-order valence-corrected chi connectivity index (χ3v) is 1.82. The molecule has 0 fully saturated rings. The number of hydrogen-bond donors (Lipinski definition) is 0. The van der Waals surface area contributed by atoms with E-state index in [1.807, 2.05) is 13.0 Å². The van der Waals surface area contributed by atoms with Gasteiger partial charge in [-0.25, -0.2) is 0 Å². The van der Waals surface area contributed by atoms with Crippen LogP contribution in [-0.4, -0.2) is 0 Å². The third-order valence-electron chi connectivity index (χ3n) is 1.18. The Morgan fingerprint density at radius 1 is 1.27 bits per heavy atom. The molecule has 11 heavy (non-hydrogen) atoms. The molecule has 0 atom stereocenters. The summed E-state index contributed by atoms with van der Waals surface area (Å²) in [6.07, 6.45) is 0. The molecule has 1 rings (SSSR count).